The fourth-order valence-corrected chi connectivity index (χ4v) is 4.32. The maximum atomic E-state index is 13.2. The predicted molar refractivity (Wildman–Crippen MR) is 93.8 cm³/mol. The van der Waals surface area contributed by atoms with Gasteiger partial charge in [0.1, 0.15) is 12.0 Å². The molecule has 2 bridgehead atoms. The minimum atomic E-state index is -0.285. The number of nitrogens with one attached hydrogen (secondary N) is 1. The van der Waals surface area contributed by atoms with Crippen molar-refractivity contribution in [2.45, 2.75) is 18.9 Å². The van der Waals surface area contributed by atoms with Gasteiger partial charge in [-0.3, -0.25) is 14.5 Å². The highest BCUT2D eigenvalue weighted by Gasteiger charge is 2.44. The van der Waals surface area contributed by atoms with E-state index >= 15 is 0 Å². The number of Topliss-reactive ketones (excluding diaryl/α,β-unsaturated/α-hetero) is 1. The molecule has 1 aromatic heterocycles. The molecule has 0 radical (unpaired) electrons. The highest BCUT2D eigenvalue weighted by atomic mass is 16.3. The summed E-state index contributed by atoms with van der Waals surface area (Å²) < 4.78 is 0. The molecule has 3 fully saturated rings. The average Bonchev–Trinajstić information content (AvgIpc) is 2.66. The number of carbonyl (C=O) groups is 1. The van der Waals surface area contributed by atoms with Gasteiger partial charge in [0, 0.05) is 35.0 Å². The maximum Gasteiger partial charge on any atom is 0.249 e. The Hall–Kier alpha value is -2.60. The van der Waals surface area contributed by atoms with Crippen molar-refractivity contribution in [2.24, 2.45) is 11.8 Å². The Morgan fingerprint density at radius 3 is 2.84 bits per heavy atom. The first kappa shape index (κ1) is 15.9. The number of para-hydroxylation sites is 1. The maximum absolute atomic E-state index is 13.2. The number of aromatic amines is 1. The molecule has 25 heavy (non-hydrogen) atoms. The number of nitrogens with zero attached hydrogens (tertiary/aromatic N) is 1. The number of hydrogen-bond donors (Lipinski definition) is 3. The molecule has 3 aliphatic heterocycles. The number of pyridine rings is 1. The van der Waals surface area contributed by atoms with Gasteiger partial charge in [-0.25, -0.2) is 0 Å². The molecule has 6 nitrogen and oxygen atoms in total. The molecule has 4 heterocycles. The molecule has 4 atom stereocenters. The lowest BCUT2D eigenvalue weighted by Crippen LogP contribution is -2.56. The number of aliphatic hydroxyl groups excluding tert-OH is 2. The van der Waals surface area contributed by atoms with Crippen LogP contribution in [0.4, 0.5) is 0 Å². The van der Waals surface area contributed by atoms with Crippen molar-refractivity contribution in [3.8, 4) is 0 Å². The molecule has 3 aliphatic rings. The lowest BCUT2D eigenvalue weighted by atomic mass is 9.73. The number of fused-ring (bicyclic) bond motifs is 4. The van der Waals surface area contributed by atoms with Crippen molar-refractivity contribution in [1.29, 1.82) is 0 Å². The van der Waals surface area contributed by atoms with Crippen LogP contribution in [0.3, 0.4) is 0 Å². The zero-order chi connectivity index (χ0) is 17.6. The Kier molecular flexibility index (Phi) is 3.84. The molecule has 1 aromatic carbocycles. The zero-order valence-electron chi connectivity index (χ0n) is 13.7. The number of carbonyl (C=O) groups excluding carboxylic acids is 1. The summed E-state index contributed by atoms with van der Waals surface area (Å²) in [5.74, 6) is -0.0190. The minimum absolute atomic E-state index is 0.0118. The SMILES string of the molecule is O=C(c1cc(=O)[nH]c2ccccc12)[C@H]1C[C@@H]2CCN1C[C@@H]2/C(O)=C/O. The first-order chi connectivity index (χ1) is 12.1. The van der Waals surface area contributed by atoms with E-state index in [0.29, 0.717) is 24.0 Å². The monoisotopic (exact) mass is 340 g/mol. The number of aromatic nitrogens is 1. The van der Waals surface area contributed by atoms with E-state index in [-0.39, 0.29) is 35.0 Å². The van der Waals surface area contributed by atoms with Gasteiger partial charge in [0.05, 0.1) is 6.04 Å². The largest absolute Gasteiger partial charge is 0.512 e. The summed E-state index contributed by atoms with van der Waals surface area (Å²) in [5.41, 5.74) is 0.833. The number of piperidine rings is 3. The van der Waals surface area contributed by atoms with Crippen molar-refractivity contribution in [1.82, 2.24) is 9.88 Å². The van der Waals surface area contributed by atoms with E-state index in [1.54, 1.807) is 6.07 Å². The molecular formula is C19H20N2O4. The number of rotatable bonds is 3. The number of hydrogen-bond acceptors (Lipinski definition) is 5. The topological polar surface area (TPSA) is 93.6 Å². The number of aliphatic hydroxyl groups is 2. The van der Waals surface area contributed by atoms with Crippen LogP contribution in [0, 0.1) is 11.8 Å². The summed E-state index contributed by atoms with van der Waals surface area (Å²) in [6.07, 6.45) is 2.28. The van der Waals surface area contributed by atoms with Gasteiger partial charge in [-0.2, -0.15) is 0 Å². The summed E-state index contributed by atoms with van der Waals surface area (Å²) >= 11 is 0. The third kappa shape index (κ3) is 2.62. The molecule has 2 aromatic rings. The minimum Gasteiger partial charge on any atom is -0.512 e. The van der Waals surface area contributed by atoms with Crippen molar-refractivity contribution < 1.29 is 15.0 Å². The number of H-pyrrole nitrogens is 1. The standard InChI is InChI=1S/C19H20N2O4/c22-10-17(23)14-9-21-6-5-11(14)7-16(21)19(25)13-8-18(24)20-15-4-2-1-3-12(13)15/h1-4,8,10-11,14,16,22-23H,5-7,9H2,(H,20,24)/b17-10-/t11-,14-,16+/m0/s1. The van der Waals surface area contributed by atoms with Crippen LogP contribution in [-0.2, 0) is 0 Å². The van der Waals surface area contributed by atoms with E-state index in [2.05, 4.69) is 9.88 Å². The van der Waals surface area contributed by atoms with Gasteiger partial charge < -0.3 is 15.2 Å². The third-order valence-electron chi connectivity index (χ3n) is 5.58. The van der Waals surface area contributed by atoms with Crippen LogP contribution >= 0.6 is 0 Å². The van der Waals surface area contributed by atoms with Crippen molar-refractivity contribution in [3.63, 3.8) is 0 Å². The molecule has 5 rings (SSSR count). The third-order valence-corrected chi connectivity index (χ3v) is 5.58. The first-order valence-electron chi connectivity index (χ1n) is 8.52. The van der Waals surface area contributed by atoms with Crippen molar-refractivity contribution in [3.05, 3.63) is 58.3 Å². The molecule has 1 unspecified atom stereocenters. The van der Waals surface area contributed by atoms with Gasteiger partial charge in [0.2, 0.25) is 5.56 Å². The predicted octanol–water partition coefficient (Wildman–Crippen LogP) is 2.38. The highest BCUT2D eigenvalue weighted by molar-refractivity contribution is 6.09. The molecule has 6 heteroatoms. The summed E-state index contributed by atoms with van der Waals surface area (Å²) in [7, 11) is 0. The normalized spacial score (nSPS) is 29.0. The molecule has 0 amide bonds. The van der Waals surface area contributed by atoms with Crippen LogP contribution in [0.15, 0.2) is 47.1 Å². The van der Waals surface area contributed by atoms with Gasteiger partial charge >= 0.3 is 0 Å². The van der Waals surface area contributed by atoms with Crippen LogP contribution in [0.1, 0.15) is 23.2 Å². The van der Waals surface area contributed by atoms with E-state index in [1.165, 1.54) is 6.07 Å². The van der Waals surface area contributed by atoms with E-state index in [4.69, 9.17) is 5.11 Å². The van der Waals surface area contributed by atoms with Gasteiger partial charge in [-0.15, -0.1) is 0 Å². The van der Waals surface area contributed by atoms with Crippen LogP contribution in [0.25, 0.3) is 10.9 Å². The van der Waals surface area contributed by atoms with Crippen LogP contribution in [0.5, 0.6) is 0 Å². The molecule has 0 aliphatic carbocycles. The van der Waals surface area contributed by atoms with E-state index in [0.717, 1.165) is 24.6 Å². The molecule has 3 saturated heterocycles. The van der Waals surface area contributed by atoms with Crippen LogP contribution < -0.4 is 5.56 Å². The van der Waals surface area contributed by atoms with E-state index in [1.807, 2.05) is 18.2 Å². The second-order valence-corrected chi connectivity index (χ2v) is 6.91. The molecule has 130 valence electrons. The van der Waals surface area contributed by atoms with Gasteiger partial charge in [0.15, 0.2) is 5.78 Å². The molecule has 3 N–H and O–H groups in total. The fraction of sp³-hybridized carbons (Fsp3) is 0.368. The Morgan fingerprint density at radius 2 is 2.12 bits per heavy atom. The molecule has 0 spiro atoms. The Balaban J connectivity index is 1.69. The highest BCUT2D eigenvalue weighted by Crippen LogP contribution is 2.40. The Bertz CT molecular complexity index is 917. The summed E-state index contributed by atoms with van der Waals surface area (Å²) in [6.45, 7) is 1.34. The number of benzene rings is 1. The summed E-state index contributed by atoms with van der Waals surface area (Å²) in [4.78, 5) is 29.9. The van der Waals surface area contributed by atoms with Crippen molar-refractivity contribution in [2.75, 3.05) is 13.1 Å². The smallest absolute Gasteiger partial charge is 0.249 e. The van der Waals surface area contributed by atoms with E-state index < -0.39 is 0 Å². The molecule has 0 saturated carbocycles. The quantitative estimate of drug-likeness (QED) is 0.589. The van der Waals surface area contributed by atoms with E-state index in [9.17, 15) is 14.7 Å². The zero-order valence-corrected chi connectivity index (χ0v) is 13.7. The first-order valence-corrected chi connectivity index (χ1v) is 8.52. The van der Waals surface area contributed by atoms with Crippen LogP contribution in [0.2, 0.25) is 0 Å². The average molecular weight is 340 g/mol. The van der Waals surface area contributed by atoms with Crippen LogP contribution in [-0.4, -0.2) is 45.0 Å². The summed E-state index contributed by atoms with van der Waals surface area (Å²) in [5, 5.41) is 19.7. The Morgan fingerprint density at radius 1 is 1.32 bits per heavy atom. The second-order valence-electron chi connectivity index (χ2n) is 6.91. The second kappa shape index (κ2) is 6.04. The van der Waals surface area contributed by atoms with Gasteiger partial charge in [0.25, 0.3) is 0 Å². The fourth-order valence-electron chi connectivity index (χ4n) is 4.32. The number of ketones is 1. The lowest BCUT2D eigenvalue weighted by Gasteiger charge is -2.48. The Labute approximate surface area is 144 Å². The van der Waals surface area contributed by atoms with Gasteiger partial charge in [-0.05, 0) is 31.4 Å². The summed E-state index contributed by atoms with van der Waals surface area (Å²) in [6, 6.07) is 8.42. The van der Waals surface area contributed by atoms with Crippen molar-refractivity contribution >= 4 is 16.7 Å². The lowest BCUT2D eigenvalue weighted by molar-refractivity contribution is 0.00446. The van der Waals surface area contributed by atoms with Gasteiger partial charge in [-0.1, -0.05) is 18.2 Å². The molecular weight excluding hydrogens is 320 g/mol.